The monoisotopic (exact) mass is 292 g/mol. The third kappa shape index (κ3) is 2.39. The number of hydrogen-bond donors (Lipinski definition) is 1. The lowest BCUT2D eigenvalue weighted by Gasteiger charge is -2.11. The molecule has 2 aromatic heterocycles. The fraction of sp³-hybridized carbons (Fsp3) is 0.214. The summed E-state index contributed by atoms with van der Waals surface area (Å²) in [5.74, 6) is -0.307. The summed E-state index contributed by atoms with van der Waals surface area (Å²) >= 11 is 1.54. The number of ether oxygens (including phenoxy) is 1. The van der Waals surface area contributed by atoms with Gasteiger partial charge >= 0.3 is 0 Å². The van der Waals surface area contributed by atoms with Gasteiger partial charge in [-0.2, -0.15) is 0 Å². The van der Waals surface area contributed by atoms with E-state index in [0.717, 1.165) is 10.7 Å². The van der Waals surface area contributed by atoms with Crippen molar-refractivity contribution in [3.05, 3.63) is 53.0 Å². The van der Waals surface area contributed by atoms with Crippen molar-refractivity contribution >= 4 is 16.3 Å². The number of rotatable bonds is 4. The first kappa shape index (κ1) is 13.1. The van der Waals surface area contributed by atoms with Crippen LogP contribution in [-0.4, -0.2) is 21.6 Å². The van der Waals surface area contributed by atoms with Crippen molar-refractivity contribution in [2.24, 2.45) is 0 Å². The molecule has 0 aliphatic heterocycles. The van der Waals surface area contributed by atoms with Gasteiger partial charge in [-0.05, 0) is 17.7 Å². The zero-order valence-electron chi connectivity index (χ0n) is 10.8. The molecule has 20 heavy (non-hydrogen) atoms. The van der Waals surface area contributed by atoms with E-state index in [-0.39, 0.29) is 5.75 Å². The SMILES string of the molecule is COc1cc(C(O)Cc2cn3ccsc3n2)ccc1F. The van der Waals surface area contributed by atoms with Crippen LogP contribution in [0.1, 0.15) is 17.4 Å². The van der Waals surface area contributed by atoms with E-state index < -0.39 is 11.9 Å². The lowest BCUT2D eigenvalue weighted by molar-refractivity contribution is 0.177. The maximum atomic E-state index is 13.3. The Morgan fingerprint density at radius 2 is 2.35 bits per heavy atom. The predicted octanol–water partition coefficient (Wildman–Crippen LogP) is 2.82. The fourth-order valence-electron chi connectivity index (χ4n) is 2.07. The molecule has 1 atom stereocenters. The molecule has 0 bridgehead atoms. The number of methoxy groups -OCH3 is 1. The molecular formula is C14H13FN2O2S. The molecular weight excluding hydrogens is 279 g/mol. The van der Waals surface area contributed by atoms with Crippen LogP contribution in [0.5, 0.6) is 5.75 Å². The Kier molecular flexibility index (Phi) is 3.42. The van der Waals surface area contributed by atoms with Gasteiger partial charge in [0.25, 0.3) is 0 Å². The molecule has 0 radical (unpaired) electrons. The lowest BCUT2D eigenvalue weighted by atomic mass is 10.0. The number of fused-ring (bicyclic) bond motifs is 1. The summed E-state index contributed by atoms with van der Waals surface area (Å²) in [5.41, 5.74) is 1.41. The van der Waals surface area contributed by atoms with Crippen molar-refractivity contribution < 1.29 is 14.2 Å². The Morgan fingerprint density at radius 3 is 3.10 bits per heavy atom. The number of imidazole rings is 1. The topological polar surface area (TPSA) is 46.8 Å². The number of aliphatic hydroxyl groups excluding tert-OH is 1. The van der Waals surface area contributed by atoms with E-state index in [1.165, 1.54) is 30.6 Å². The van der Waals surface area contributed by atoms with Crippen molar-refractivity contribution in [3.63, 3.8) is 0 Å². The summed E-state index contributed by atoms with van der Waals surface area (Å²) in [7, 11) is 1.40. The van der Waals surface area contributed by atoms with Crippen LogP contribution in [0.4, 0.5) is 4.39 Å². The third-order valence-electron chi connectivity index (χ3n) is 3.11. The lowest BCUT2D eigenvalue weighted by Crippen LogP contribution is -2.03. The highest BCUT2D eigenvalue weighted by molar-refractivity contribution is 7.15. The first-order chi connectivity index (χ1) is 9.67. The molecule has 0 saturated carbocycles. The molecule has 4 nitrogen and oxygen atoms in total. The van der Waals surface area contributed by atoms with Gasteiger partial charge in [0, 0.05) is 24.2 Å². The molecule has 0 aliphatic rings. The zero-order valence-corrected chi connectivity index (χ0v) is 11.6. The molecule has 1 unspecified atom stereocenters. The number of thiazole rings is 1. The van der Waals surface area contributed by atoms with E-state index in [0.29, 0.717) is 12.0 Å². The minimum atomic E-state index is -0.742. The fourth-order valence-corrected chi connectivity index (χ4v) is 2.79. The minimum Gasteiger partial charge on any atom is -0.494 e. The molecule has 3 rings (SSSR count). The number of aromatic nitrogens is 2. The Balaban J connectivity index is 1.81. The second-order valence-electron chi connectivity index (χ2n) is 4.44. The molecule has 0 saturated heterocycles. The summed E-state index contributed by atoms with van der Waals surface area (Å²) in [6.07, 6.45) is 3.44. The number of nitrogens with zero attached hydrogens (tertiary/aromatic N) is 2. The van der Waals surface area contributed by atoms with E-state index in [2.05, 4.69) is 4.98 Å². The number of benzene rings is 1. The molecule has 2 heterocycles. The van der Waals surface area contributed by atoms with Crippen molar-refractivity contribution in [1.29, 1.82) is 0 Å². The van der Waals surface area contributed by atoms with Crippen LogP contribution in [0.25, 0.3) is 4.96 Å². The largest absolute Gasteiger partial charge is 0.494 e. The van der Waals surface area contributed by atoms with Crippen LogP contribution < -0.4 is 4.74 Å². The number of hydrogen-bond acceptors (Lipinski definition) is 4. The third-order valence-corrected chi connectivity index (χ3v) is 3.88. The second kappa shape index (κ2) is 5.22. The standard InChI is InChI=1S/C14H13FN2O2S/c1-19-13-6-9(2-3-11(13)15)12(18)7-10-8-17-4-5-20-14(17)16-10/h2-6,8,12,18H,7H2,1H3. The molecule has 6 heteroatoms. The minimum absolute atomic E-state index is 0.132. The summed E-state index contributed by atoms with van der Waals surface area (Å²) in [6.45, 7) is 0. The summed E-state index contributed by atoms with van der Waals surface area (Å²) in [5, 5.41) is 12.2. The average Bonchev–Trinajstić information content (AvgIpc) is 3.00. The van der Waals surface area contributed by atoms with Gasteiger partial charge in [0.2, 0.25) is 0 Å². The van der Waals surface area contributed by atoms with Crippen molar-refractivity contribution in [2.75, 3.05) is 7.11 Å². The highest BCUT2D eigenvalue weighted by atomic mass is 32.1. The average molecular weight is 292 g/mol. The molecule has 1 aromatic carbocycles. The quantitative estimate of drug-likeness (QED) is 0.804. The van der Waals surface area contributed by atoms with Gasteiger partial charge in [-0.25, -0.2) is 9.37 Å². The van der Waals surface area contributed by atoms with Gasteiger partial charge in [0.15, 0.2) is 16.5 Å². The molecule has 0 spiro atoms. The zero-order chi connectivity index (χ0) is 14.1. The summed E-state index contributed by atoms with van der Waals surface area (Å²) < 4.78 is 20.2. The maximum Gasteiger partial charge on any atom is 0.193 e. The first-order valence-electron chi connectivity index (χ1n) is 6.10. The Morgan fingerprint density at radius 1 is 1.50 bits per heavy atom. The number of aliphatic hydroxyl groups is 1. The first-order valence-corrected chi connectivity index (χ1v) is 6.98. The summed E-state index contributed by atoms with van der Waals surface area (Å²) in [6, 6.07) is 4.36. The molecule has 0 fully saturated rings. The van der Waals surface area contributed by atoms with Gasteiger partial charge in [0.1, 0.15) is 0 Å². The Bertz CT molecular complexity index is 709. The highest BCUT2D eigenvalue weighted by Gasteiger charge is 2.14. The van der Waals surface area contributed by atoms with E-state index in [4.69, 9.17) is 4.74 Å². The van der Waals surface area contributed by atoms with Crippen LogP contribution in [0.2, 0.25) is 0 Å². The van der Waals surface area contributed by atoms with Gasteiger partial charge in [-0.15, -0.1) is 11.3 Å². The van der Waals surface area contributed by atoms with Gasteiger partial charge < -0.3 is 9.84 Å². The molecule has 104 valence electrons. The van der Waals surface area contributed by atoms with Crippen molar-refractivity contribution in [2.45, 2.75) is 12.5 Å². The van der Waals surface area contributed by atoms with Gasteiger partial charge in [-0.1, -0.05) is 6.07 Å². The van der Waals surface area contributed by atoms with Crippen LogP contribution in [0, 0.1) is 5.82 Å². The maximum absolute atomic E-state index is 13.3. The van der Waals surface area contributed by atoms with Crippen molar-refractivity contribution in [3.8, 4) is 5.75 Å². The summed E-state index contributed by atoms with van der Waals surface area (Å²) in [4.78, 5) is 5.31. The molecule has 0 aliphatic carbocycles. The van der Waals surface area contributed by atoms with Gasteiger partial charge in [0.05, 0.1) is 18.9 Å². The van der Waals surface area contributed by atoms with E-state index in [1.54, 1.807) is 6.07 Å². The van der Waals surface area contributed by atoms with E-state index in [1.807, 2.05) is 22.2 Å². The number of halogens is 1. The molecule has 0 amide bonds. The smallest absolute Gasteiger partial charge is 0.193 e. The van der Waals surface area contributed by atoms with E-state index in [9.17, 15) is 9.50 Å². The molecule has 3 aromatic rings. The Labute approximate surface area is 119 Å². The van der Waals surface area contributed by atoms with Crippen LogP contribution in [-0.2, 0) is 6.42 Å². The normalized spacial score (nSPS) is 12.8. The van der Waals surface area contributed by atoms with Gasteiger partial charge in [-0.3, -0.25) is 4.40 Å². The van der Waals surface area contributed by atoms with Crippen molar-refractivity contribution in [1.82, 2.24) is 9.38 Å². The molecule has 1 N–H and O–H groups in total. The van der Waals surface area contributed by atoms with Crippen LogP contribution in [0.15, 0.2) is 36.0 Å². The highest BCUT2D eigenvalue weighted by Crippen LogP contribution is 2.25. The second-order valence-corrected chi connectivity index (χ2v) is 5.31. The Hall–Kier alpha value is -1.92. The van der Waals surface area contributed by atoms with E-state index >= 15 is 0 Å². The van der Waals surface area contributed by atoms with Crippen LogP contribution >= 0.6 is 11.3 Å². The predicted molar refractivity (Wildman–Crippen MR) is 74.7 cm³/mol. The van der Waals surface area contributed by atoms with Crippen LogP contribution in [0.3, 0.4) is 0 Å².